The summed E-state index contributed by atoms with van der Waals surface area (Å²) in [6.45, 7) is 12.3. The summed E-state index contributed by atoms with van der Waals surface area (Å²) in [5, 5.41) is 30.4. The summed E-state index contributed by atoms with van der Waals surface area (Å²) in [4.78, 5) is 20.0. The van der Waals surface area contributed by atoms with Crippen LogP contribution in [0.25, 0.3) is 22.5 Å². The molecule has 0 spiro atoms. The lowest BCUT2D eigenvalue weighted by atomic mass is 10.2. The van der Waals surface area contributed by atoms with E-state index in [9.17, 15) is 4.79 Å². The molecule has 0 aliphatic heterocycles. The number of aromatic amines is 1. The fourth-order valence-electron chi connectivity index (χ4n) is 5.57. The van der Waals surface area contributed by atoms with Crippen LogP contribution in [0.4, 0.5) is 10.3 Å². The van der Waals surface area contributed by atoms with E-state index in [4.69, 9.17) is 5.73 Å². The van der Waals surface area contributed by atoms with Crippen molar-refractivity contribution in [2.24, 2.45) is 19.8 Å². The minimum Gasteiger partial charge on any atom is -0.376 e. The van der Waals surface area contributed by atoms with Gasteiger partial charge in [0.2, 0.25) is 0 Å². The molecule has 0 saturated carbocycles. The topological polar surface area (TPSA) is 169 Å². The number of nitrogens with zero attached hydrogens (tertiary/aromatic N) is 7. The van der Waals surface area contributed by atoms with E-state index in [2.05, 4.69) is 168 Å². The number of Topliss-reactive ketones (excluding diaryl/α,β-unsaturated/α-hetero) is 1. The number of rotatable bonds is 9. The number of ketones is 1. The summed E-state index contributed by atoms with van der Waals surface area (Å²) < 4.78 is 3.45. The molecule has 0 atom stereocenters. The second-order valence-electron chi connectivity index (χ2n) is 14.3. The van der Waals surface area contributed by atoms with Crippen molar-refractivity contribution >= 4 is 72.0 Å². The Labute approximate surface area is 419 Å². The van der Waals surface area contributed by atoms with E-state index in [1.54, 1.807) is 53.8 Å². The first-order valence-electron chi connectivity index (χ1n) is 21.7. The third-order valence-corrected chi connectivity index (χ3v) is 11.7. The maximum atomic E-state index is 11.1. The van der Waals surface area contributed by atoms with Crippen LogP contribution in [-0.4, -0.2) is 77.1 Å². The Bertz CT molecular complexity index is 2460. The number of alkyl halides is 1. The van der Waals surface area contributed by atoms with E-state index in [-0.39, 0.29) is 5.78 Å². The van der Waals surface area contributed by atoms with E-state index in [0.717, 1.165) is 69.1 Å². The van der Waals surface area contributed by atoms with Gasteiger partial charge in [-0.3, -0.25) is 19.3 Å². The third-order valence-electron chi connectivity index (χ3n) is 9.27. The summed E-state index contributed by atoms with van der Waals surface area (Å²) in [6.07, 6.45) is 8.94. The number of halogens is 1. The van der Waals surface area contributed by atoms with Gasteiger partial charge in [-0.2, -0.15) is 15.3 Å². The maximum absolute atomic E-state index is 11.1. The van der Waals surface area contributed by atoms with Gasteiger partial charge in [0.05, 0.1) is 39.9 Å². The molecule has 0 aliphatic rings. The Morgan fingerprint density at radius 3 is 1.36 bits per heavy atom. The molecule has 0 amide bonds. The number of hydrogen-bond donors (Lipinski definition) is 5. The number of aryl methyl sites for hydroxylation is 8. The van der Waals surface area contributed by atoms with Gasteiger partial charge >= 0.3 is 0 Å². The smallest absolute Gasteiger partial charge is 0.182 e. The van der Waals surface area contributed by atoms with Crippen molar-refractivity contribution < 1.29 is 4.79 Å². The number of hydrogen-bond acceptors (Lipinski definition) is 11. The molecule has 0 radical (unpaired) electrons. The van der Waals surface area contributed by atoms with Gasteiger partial charge in [0.15, 0.2) is 21.2 Å². The lowest BCUT2D eigenvalue weighted by Gasteiger charge is -1.91. The molecule has 0 saturated heterocycles. The van der Waals surface area contributed by atoms with Crippen LogP contribution < -0.4 is 21.7 Å². The zero-order valence-electron chi connectivity index (χ0n) is 40.6. The highest BCUT2D eigenvalue weighted by molar-refractivity contribution is 9.09. The monoisotopic (exact) mass is 1030 g/mol. The van der Waals surface area contributed by atoms with Gasteiger partial charge in [-0.05, 0) is 68.9 Å². The summed E-state index contributed by atoms with van der Waals surface area (Å²) in [6, 6.07) is 31.4. The molecule has 13 nitrogen and oxygen atoms in total. The second kappa shape index (κ2) is 32.6. The van der Waals surface area contributed by atoms with Crippen molar-refractivity contribution in [2.45, 2.75) is 60.8 Å². The molecule has 0 aliphatic carbocycles. The number of thiocarbonyl (C=S) groups is 1. The van der Waals surface area contributed by atoms with Crippen molar-refractivity contribution in [3.63, 3.8) is 0 Å². The molecule has 0 unspecified atom stereocenters. The first-order valence-corrected chi connectivity index (χ1v) is 25.0. The number of thiazole rings is 2. The molecule has 358 valence electrons. The molecule has 17 heteroatoms. The summed E-state index contributed by atoms with van der Waals surface area (Å²) >= 11 is 10.7. The lowest BCUT2D eigenvalue weighted by molar-refractivity contribution is 0.102. The molecule has 67 heavy (non-hydrogen) atoms. The molecule has 8 aromatic rings. The molecule has 5 aromatic heterocycles. The highest BCUT2D eigenvalue weighted by Crippen LogP contribution is 2.27. The second-order valence-corrected chi connectivity index (χ2v) is 17.0. The van der Waals surface area contributed by atoms with Gasteiger partial charge in [-0.25, -0.2) is 9.97 Å². The molecular weight excluding hydrogens is 961 g/mol. The van der Waals surface area contributed by atoms with Crippen LogP contribution in [0.1, 0.15) is 64.9 Å². The number of anilines is 2. The molecular formula is C50H67BrN12OS3. The summed E-state index contributed by atoms with van der Waals surface area (Å²) in [5.41, 5.74) is 16.8. The molecule has 3 aromatic carbocycles. The summed E-state index contributed by atoms with van der Waals surface area (Å²) in [7, 11) is 9.14. The predicted octanol–water partition coefficient (Wildman–Crippen LogP) is 11.3. The van der Waals surface area contributed by atoms with Gasteiger partial charge < -0.3 is 21.7 Å². The summed E-state index contributed by atoms with van der Waals surface area (Å²) in [5.74, 6) is 0.0793. The van der Waals surface area contributed by atoms with Gasteiger partial charge in [0.1, 0.15) is 0 Å². The number of aromatic nitrogens is 8. The number of benzene rings is 3. The maximum Gasteiger partial charge on any atom is 0.182 e. The molecule has 0 fully saturated rings. The average molecular weight is 1030 g/mol. The molecule has 8 rings (SSSR count). The normalized spacial score (nSPS) is 9.61. The van der Waals surface area contributed by atoms with E-state index < -0.39 is 0 Å². The number of carbonyl (C=O) groups excluding carboxylic acids is 1. The molecule has 5 heterocycles. The Morgan fingerprint density at radius 1 is 0.687 bits per heavy atom. The first-order chi connectivity index (χ1) is 32.2. The van der Waals surface area contributed by atoms with Crippen LogP contribution in [0.5, 0.6) is 0 Å². The first kappa shape index (κ1) is 57.1. The van der Waals surface area contributed by atoms with Gasteiger partial charge in [0.25, 0.3) is 0 Å². The van der Waals surface area contributed by atoms with Gasteiger partial charge in [0, 0.05) is 75.2 Å². The quantitative estimate of drug-likeness (QED) is 0.0530. The van der Waals surface area contributed by atoms with Crippen LogP contribution in [0.15, 0.2) is 120 Å². The SMILES string of the molecule is CCc1ccccc1.CCc1ccccc1.CCc1ccccc1.CNC(N)=S.CNc1nc(-c2cn(C)nc2C)cs1.CNc1nc(-c2cn[nH]c2C)cs1.Cc1nn(C)cc1C(=O)CBr. The number of H-pyrrole nitrogens is 1. The largest absolute Gasteiger partial charge is 0.376 e. The van der Waals surface area contributed by atoms with Crippen molar-refractivity contribution in [3.8, 4) is 22.5 Å². The van der Waals surface area contributed by atoms with E-state index >= 15 is 0 Å². The Morgan fingerprint density at radius 2 is 1.09 bits per heavy atom. The fraction of sp³-hybridized carbons (Fsp3) is 0.300. The minimum absolute atomic E-state index is 0.0793. The van der Waals surface area contributed by atoms with Crippen molar-refractivity contribution in [2.75, 3.05) is 37.1 Å². The Balaban J connectivity index is 0.000000274. The zero-order valence-corrected chi connectivity index (χ0v) is 44.6. The highest BCUT2D eigenvalue weighted by atomic mass is 79.9. The van der Waals surface area contributed by atoms with Crippen LogP contribution in [0.3, 0.4) is 0 Å². The van der Waals surface area contributed by atoms with E-state index in [1.807, 2.05) is 81.8 Å². The highest BCUT2D eigenvalue weighted by Gasteiger charge is 2.11. The van der Waals surface area contributed by atoms with Crippen LogP contribution >= 0.6 is 50.8 Å². The zero-order chi connectivity index (χ0) is 49.6. The fourth-order valence-corrected chi connectivity index (χ4v) is 7.22. The predicted molar refractivity (Wildman–Crippen MR) is 292 cm³/mol. The number of nitrogens with two attached hydrogens (primary N) is 1. The van der Waals surface area contributed by atoms with Crippen molar-refractivity contribution in [3.05, 3.63) is 160 Å². The molecule has 6 N–H and O–H groups in total. The van der Waals surface area contributed by atoms with Crippen molar-refractivity contribution in [1.82, 2.24) is 45.0 Å². The molecule has 0 bridgehead atoms. The van der Waals surface area contributed by atoms with E-state index in [0.29, 0.717) is 16.0 Å². The standard InChI is InChI=1S/C9H12N4S.C8H10N4S.3C8H10.C7H9BrN2O.C2H6N2S/c1-6-7(4-13(3)12-6)8-5-14-9(10-2)11-8;1-5-6(3-10-12-5)7-4-13-8(9-2)11-7;3*1-2-8-6-4-3-5-7-8;1-5-6(7(11)3-8)4-10(2)9-5;1-4-2(3)5/h4-5H,1-3H3,(H,10,11);3-4H,1-2H3,(H,9,11)(H,10,12);3*3-7H,2H2,1H3;4H,3H2,1-2H3;1H3,(H3,3,4,5). The lowest BCUT2D eigenvalue weighted by Crippen LogP contribution is -2.24. The third kappa shape index (κ3) is 21.9. The number of carbonyl (C=O) groups is 1. The van der Waals surface area contributed by atoms with Gasteiger partial charge in [-0.15, -0.1) is 22.7 Å². The van der Waals surface area contributed by atoms with Crippen LogP contribution in [0.2, 0.25) is 0 Å². The van der Waals surface area contributed by atoms with Crippen LogP contribution in [-0.2, 0) is 33.4 Å². The van der Waals surface area contributed by atoms with Gasteiger partial charge in [-0.1, -0.05) is 128 Å². The Hall–Kier alpha value is -6.01. The Kier molecular flexibility index (Phi) is 27.8. The average Bonchev–Trinajstić information content (AvgIpc) is 4.23. The van der Waals surface area contributed by atoms with E-state index in [1.165, 1.54) is 16.7 Å². The van der Waals surface area contributed by atoms with Crippen molar-refractivity contribution in [1.29, 1.82) is 0 Å². The number of nitrogens with one attached hydrogen (secondary N) is 4. The van der Waals surface area contributed by atoms with Crippen LogP contribution in [0, 0.1) is 20.8 Å². The minimum atomic E-state index is 0.0793.